The Kier molecular flexibility index (Phi) is 5.86. The maximum absolute atomic E-state index is 11.7. The fraction of sp³-hybridized carbons (Fsp3) is 0.533. The van der Waals surface area contributed by atoms with Crippen LogP contribution < -0.4 is 0 Å². The van der Waals surface area contributed by atoms with Gasteiger partial charge in [0.25, 0.3) is 0 Å². The Bertz CT molecular complexity index is 368. The molecule has 0 aliphatic carbocycles. The second-order valence-electron chi connectivity index (χ2n) is 4.75. The van der Waals surface area contributed by atoms with Crippen molar-refractivity contribution in [3.8, 4) is 0 Å². The van der Waals surface area contributed by atoms with E-state index in [1.165, 1.54) is 5.56 Å². The molecule has 1 rings (SSSR count). The standard InChI is InChI=1S/C15H22O3/c1-11(2)13-5-7-14(8-6-13)15(16)18-10-9-12(3)17-4/h5-8,11-12H,9-10H2,1-4H3/t12-/m1/s1. The van der Waals surface area contributed by atoms with E-state index in [4.69, 9.17) is 9.47 Å². The number of carbonyl (C=O) groups excluding carboxylic acids is 1. The fourth-order valence-electron chi connectivity index (χ4n) is 1.52. The monoisotopic (exact) mass is 250 g/mol. The van der Waals surface area contributed by atoms with Gasteiger partial charge in [-0.25, -0.2) is 4.79 Å². The Hall–Kier alpha value is -1.35. The van der Waals surface area contributed by atoms with Crippen molar-refractivity contribution >= 4 is 5.97 Å². The molecule has 0 bridgehead atoms. The maximum atomic E-state index is 11.7. The molecule has 0 heterocycles. The molecule has 0 fully saturated rings. The zero-order valence-electron chi connectivity index (χ0n) is 11.6. The zero-order valence-corrected chi connectivity index (χ0v) is 11.6. The molecule has 18 heavy (non-hydrogen) atoms. The molecule has 0 saturated carbocycles. The Labute approximate surface area is 109 Å². The molecular formula is C15H22O3. The molecule has 0 amide bonds. The molecule has 0 aliphatic rings. The van der Waals surface area contributed by atoms with Crippen molar-refractivity contribution in [2.75, 3.05) is 13.7 Å². The lowest BCUT2D eigenvalue weighted by molar-refractivity contribution is 0.0391. The van der Waals surface area contributed by atoms with Crippen molar-refractivity contribution in [2.45, 2.75) is 39.2 Å². The summed E-state index contributed by atoms with van der Waals surface area (Å²) in [6, 6.07) is 7.58. The van der Waals surface area contributed by atoms with E-state index in [1.54, 1.807) is 7.11 Å². The van der Waals surface area contributed by atoms with Gasteiger partial charge in [-0.05, 0) is 30.5 Å². The second-order valence-corrected chi connectivity index (χ2v) is 4.75. The highest BCUT2D eigenvalue weighted by Crippen LogP contribution is 2.15. The van der Waals surface area contributed by atoms with E-state index in [-0.39, 0.29) is 12.1 Å². The molecule has 3 nitrogen and oxygen atoms in total. The van der Waals surface area contributed by atoms with Gasteiger partial charge in [0, 0.05) is 13.5 Å². The lowest BCUT2D eigenvalue weighted by Gasteiger charge is -2.10. The van der Waals surface area contributed by atoms with E-state index in [0.29, 0.717) is 24.5 Å². The van der Waals surface area contributed by atoms with Crippen LogP contribution in [0.3, 0.4) is 0 Å². The minimum Gasteiger partial charge on any atom is -0.462 e. The van der Waals surface area contributed by atoms with Gasteiger partial charge in [-0.1, -0.05) is 26.0 Å². The molecule has 0 unspecified atom stereocenters. The van der Waals surface area contributed by atoms with Gasteiger partial charge in [0.2, 0.25) is 0 Å². The highest BCUT2D eigenvalue weighted by Gasteiger charge is 2.08. The molecule has 0 aliphatic heterocycles. The summed E-state index contributed by atoms with van der Waals surface area (Å²) in [4.78, 5) is 11.7. The summed E-state index contributed by atoms with van der Waals surface area (Å²) in [5.41, 5.74) is 1.82. The van der Waals surface area contributed by atoms with E-state index in [9.17, 15) is 4.79 Å². The van der Waals surface area contributed by atoms with Crippen LogP contribution in [-0.2, 0) is 9.47 Å². The summed E-state index contributed by atoms with van der Waals surface area (Å²) in [5.74, 6) is 0.200. The molecule has 0 N–H and O–H groups in total. The van der Waals surface area contributed by atoms with Crippen molar-refractivity contribution in [2.24, 2.45) is 0 Å². The predicted molar refractivity (Wildman–Crippen MR) is 71.9 cm³/mol. The van der Waals surface area contributed by atoms with Crippen molar-refractivity contribution in [1.29, 1.82) is 0 Å². The van der Waals surface area contributed by atoms with Gasteiger partial charge in [-0.15, -0.1) is 0 Å². The van der Waals surface area contributed by atoms with Gasteiger partial charge in [-0.2, -0.15) is 0 Å². The Morgan fingerprint density at radius 1 is 1.17 bits per heavy atom. The summed E-state index contributed by atoms with van der Waals surface area (Å²) in [7, 11) is 1.65. The predicted octanol–water partition coefficient (Wildman–Crippen LogP) is 3.39. The molecule has 3 heteroatoms. The van der Waals surface area contributed by atoms with Crippen molar-refractivity contribution in [3.63, 3.8) is 0 Å². The highest BCUT2D eigenvalue weighted by molar-refractivity contribution is 5.89. The van der Waals surface area contributed by atoms with E-state index in [1.807, 2.05) is 31.2 Å². The topological polar surface area (TPSA) is 35.5 Å². The van der Waals surface area contributed by atoms with Gasteiger partial charge >= 0.3 is 5.97 Å². The average Bonchev–Trinajstić information content (AvgIpc) is 2.38. The van der Waals surface area contributed by atoms with Crippen LogP contribution in [0.4, 0.5) is 0 Å². The number of ether oxygens (including phenoxy) is 2. The third-order valence-corrected chi connectivity index (χ3v) is 2.97. The first-order valence-corrected chi connectivity index (χ1v) is 6.34. The van der Waals surface area contributed by atoms with Crippen LogP contribution in [0.25, 0.3) is 0 Å². The third-order valence-electron chi connectivity index (χ3n) is 2.97. The largest absolute Gasteiger partial charge is 0.462 e. The third kappa shape index (κ3) is 4.49. The first-order chi connectivity index (χ1) is 8.54. The van der Waals surface area contributed by atoms with Gasteiger partial charge in [0.1, 0.15) is 0 Å². The summed E-state index contributed by atoms with van der Waals surface area (Å²) >= 11 is 0. The number of methoxy groups -OCH3 is 1. The van der Waals surface area contributed by atoms with Gasteiger partial charge in [0.15, 0.2) is 0 Å². The molecule has 0 radical (unpaired) electrons. The van der Waals surface area contributed by atoms with Crippen molar-refractivity contribution < 1.29 is 14.3 Å². The fourth-order valence-corrected chi connectivity index (χ4v) is 1.52. The van der Waals surface area contributed by atoms with Crippen LogP contribution in [-0.4, -0.2) is 25.8 Å². The minimum absolute atomic E-state index is 0.112. The molecule has 1 aromatic rings. The lowest BCUT2D eigenvalue weighted by atomic mass is 10.0. The Morgan fingerprint density at radius 2 is 1.78 bits per heavy atom. The summed E-state index contributed by atoms with van der Waals surface area (Å²) in [5, 5.41) is 0. The maximum Gasteiger partial charge on any atom is 0.338 e. The number of hydrogen-bond donors (Lipinski definition) is 0. The van der Waals surface area contributed by atoms with E-state index < -0.39 is 0 Å². The number of rotatable bonds is 6. The summed E-state index contributed by atoms with van der Waals surface area (Å²) in [6.07, 6.45) is 0.827. The highest BCUT2D eigenvalue weighted by atomic mass is 16.5. The SMILES string of the molecule is CO[C@H](C)CCOC(=O)c1ccc(C(C)C)cc1. The van der Waals surface area contributed by atoms with Crippen molar-refractivity contribution in [1.82, 2.24) is 0 Å². The number of carbonyl (C=O) groups is 1. The van der Waals surface area contributed by atoms with E-state index in [0.717, 1.165) is 0 Å². The molecule has 100 valence electrons. The minimum atomic E-state index is -0.270. The van der Waals surface area contributed by atoms with Crippen molar-refractivity contribution in [3.05, 3.63) is 35.4 Å². The molecule has 1 aromatic carbocycles. The van der Waals surface area contributed by atoms with Gasteiger partial charge in [0.05, 0.1) is 18.3 Å². The molecule has 1 atom stereocenters. The van der Waals surface area contributed by atoms with E-state index in [2.05, 4.69) is 13.8 Å². The van der Waals surface area contributed by atoms with Crippen LogP contribution in [0, 0.1) is 0 Å². The van der Waals surface area contributed by atoms with Crippen LogP contribution >= 0.6 is 0 Å². The number of benzene rings is 1. The normalized spacial score (nSPS) is 12.5. The Morgan fingerprint density at radius 3 is 2.28 bits per heavy atom. The number of hydrogen-bond acceptors (Lipinski definition) is 3. The second kappa shape index (κ2) is 7.17. The first kappa shape index (κ1) is 14.7. The average molecular weight is 250 g/mol. The number of esters is 1. The quantitative estimate of drug-likeness (QED) is 0.726. The lowest BCUT2D eigenvalue weighted by Crippen LogP contribution is -2.12. The van der Waals surface area contributed by atoms with Crippen LogP contribution in [0.5, 0.6) is 0 Å². The molecule has 0 aromatic heterocycles. The molecular weight excluding hydrogens is 228 g/mol. The van der Waals surface area contributed by atoms with Gasteiger partial charge in [-0.3, -0.25) is 0 Å². The van der Waals surface area contributed by atoms with Crippen LogP contribution in [0.15, 0.2) is 24.3 Å². The Balaban J connectivity index is 2.46. The zero-order chi connectivity index (χ0) is 13.5. The van der Waals surface area contributed by atoms with Crippen LogP contribution in [0.2, 0.25) is 0 Å². The molecule has 0 saturated heterocycles. The molecule has 0 spiro atoms. The van der Waals surface area contributed by atoms with E-state index >= 15 is 0 Å². The first-order valence-electron chi connectivity index (χ1n) is 6.34. The van der Waals surface area contributed by atoms with Gasteiger partial charge < -0.3 is 9.47 Å². The summed E-state index contributed by atoms with van der Waals surface area (Å²) in [6.45, 7) is 6.59. The summed E-state index contributed by atoms with van der Waals surface area (Å²) < 4.78 is 10.3. The smallest absolute Gasteiger partial charge is 0.338 e. The van der Waals surface area contributed by atoms with Crippen LogP contribution in [0.1, 0.15) is 49.0 Å².